The molecule has 0 aliphatic carbocycles. The third kappa shape index (κ3) is 4.94. The lowest BCUT2D eigenvalue weighted by Crippen LogP contribution is -2.37. The normalized spacial score (nSPS) is 11.1. The van der Waals surface area contributed by atoms with Crippen LogP contribution < -0.4 is 10.1 Å². The van der Waals surface area contributed by atoms with Crippen LogP contribution in [0.3, 0.4) is 0 Å². The Bertz CT molecular complexity index is 667. The van der Waals surface area contributed by atoms with Crippen molar-refractivity contribution in [3.63, 3.8) is 0 Å². The lowest BCUT2D eigenvalue weighted by atomic mass is 10.1. The molecule has 2 aromatic rings. The average molecular weight is 329 g/mol. The second-order valence-corrected chi connectivity index (χ2v) is 6.01. The summed E-state index contributed by atoms with van der Waals surface area (Å²) in [5.74, 6) is 0.165. The van der Waals surface area contributed by atoms with E-state index in [0.717, 1.165) is 24.0 Å². The van der Waals surface area contributed by atoms with Gasteiger partial charge in [0.05, 0.1) is 0 Å². The highest BCUT2D eigenvalue weighted by molar-refractivity contribution is 5.76. The monoisotopic (exact) mass is 329 g/mol. The van der Waals surface area contributed by atoms with Crippen LogP contribution in [-0.2, 0) is 17.6 Å². The van der Waals surface area contributed by atoms with Crippen LogP contribution in [0.25, 0.3) is 0 Å². The number of hydrogen-bond acceptors (Lipinski definition) is 5. The molecular weight excluding hydrogens is 306 g/mol. The Hall–Kier alpha value is -2.63. The summed E-state index contributed by atoms with van der Waals surface area (Å²) < 4.78 is 5.48. The van der Waals surface area contributed by atoms with Gasteiger partial charge in [0.25, 0.3) is 0 Å². The zero-order chi connectivity index (χ0) is 17.6. The van der Waals surface area contributed by atoms with Crippen molar-refractivity contribution in [3.05, 3.63) is 47.8 Å². The lowest BCUT2D eigenvalue weighted by Gasteiger charge is -2.21. The highest BCUT2D eigenvalue weighted by Crippen LogP contribution is 2.19. The largest absolute Gasteiger partial charge is 0.478 e. The molecule has 1 heterocycles. The molecule has 0 aliphatic heterocycles. The number of aryl methyl sites for hydroxylation is 1. The average Bonchev–Trinajstić information content (AvgIpc) is 2.56. The van der Waals surface area contributed by atoms with Gasteiger partial charge in [-0.15, -0.1) is 0 Å². The van der Waals surface area contributed by atoms with E-state index >= 15 is 0 Å². The van der Waals surface area contributed by atoms with E-state index in [0.29, 0.717) is 18.2 Å². The first kappa shape index (κ1) is 17.7. The van der Waals surface area contributed by atoms with Gasteiger partial charge in [0.2, 0.25) is 5.95 Å². The van der Waals surface area contributed by atoms with E-state index in [-0.39, 0.29) is 0 Å². The van der Waals surface area contributed by atoms with Crippen molar-refractivity contribution in [2.75, 3.05) is 11.9 Å². The summed E-state index contributed by atoms with van der Waals surface area (Å²) >= 11 is 0. The summed E-state index contributed by atoms with van der Waals surface area (Å²) in [7, 11) is 0. The molecule has 6 heteroatoms. The predicted molar refractivity (Wildman–Crippen MR) is 92.4 cm³/mol. The van der Waals surface area contributed by atoms with E-state index in [1.807, 2.05) is 24.5 Å². The first-order chi connectivity index (χ1) is 11.4. The van der Waals surface area contributed by atoms with Gasteiger partial charge in [-0.1, -0.05) is 19.1 Å². The van der Waals surface area contributed by atoms with Gasteiger partial charge >= 0.3 is 5.97 Å². The Kier molecular flexibility index (Phi) is 5.73. The molecule has 2 N–H and O–H groups in total. The predicted octanol–water partition coefficient (Wildman–Crippen LogP) is 2.94. The molecule has 0 saturated heterocycles. The fourth-order valence-corrected chi connectivity index (χ4v) is 2.01. The Balaban J connectivity index is 1.84. The van der Waals surface area contributed by atoms with E-state index in [2.05, 4.69) is 22.2 Å². The summed E-state index contributed by atoms with van der Waals surface area (Å²) in [6.45, 7) is 5.83. The Morgan fingerprint density at radius 1 is 1.17 bits per heavy atom. The van der Waals surface area contributed by atoms with Gasteiger partial charge in [-0.2, -0.15) is 0 Å². The van der Waals surface area contributed by atoms with E-state index < -0.39 is 11.6 Å². The quantitative estimate of drug-likeness (QED) is 0.774. The number of aromatic nitrogens is 2. The van der Waals surface area contributed by atoms with Crippen molar-refractivity contribution >= 4 is 11.9 Å². The highest BCUT2D eigenvalue weighted by Gasteiger charge is 2.29. The van der Waals surface area contributed by atoms with E-state index in [9.17, 15) is 4.79 Å². The zero-order valence-electron chi connectivity index (χ0n) is 14.2. The Morgan fingerprint density at radius 3 is 2.33 bits per heavy atom. The van der Waals surface area contributed by atoms with Crippen LogP contribution in [0.15, 0.2) is 36.7 Å². The van der Waals surface area contributed by atoms with Gasteiger partial charge in [0.1, 0.15) is 5.75 Å². The molecular formula is C18H23N3O3. The molecule has 0 fully saturated rings. The molecule has 2 rings (SSSR count). The SMILES string of the molecule is CCc1cnc(NCCc2ccc(OC(C)(C)C(=O)O)cc2)nc1. The molecule has 0 radical (unpaired) electrons. The van der Waals surface area contributed by atoms with Gasteiger partial charge in [-0.3, -0.25) is 0 Å². The number of carboxylic acid groups (broad SMARTS) is 1. The maximum absolute atomic E-state index is 11.1. The van der Waals surface area contributed by atoms with Crippen LogP contribution in [0.2, 0.25) is 0 Å². The summed E-state index contributed by atoms with van der Waals surface area (Å²) in [5, 5.41) is 12.3. The molecule has 6 nitrogen and oxygen atoms in total. The maximum Gasteiger partial charge on any atom is 0.347 e. The minimum Gasteiger partial charge on any atom is -0.478 e. The van der Waals surface area contributed by atoms with Gasteiger partial charge in [0, 0.05) is 18.9 Å². The molecule has 0 aliphatic rings. The number of aliphatic carboxylic acids is 1. The van der Waals surface area contributed by atoms with Crippen LogP contribution in [0.5, 0.6) is 5.75 Å². The summed E-state index contributed by atoms with van der Waals surface area (Å²) in [6, 6.07) is 7.42. The number of anilines is 1. The lowest BCUT2D eigenvalue weighted by molar-refractivity contribution is -0.152. The number of benzene rings is 1. The summed E-state index contributed by atoms with van der Waals surface area (Å²) in [6.07, 6.45) is 5.38. The van der Waals surface area contributed by atoms with Crippen molar-refractivity contribution in [1.29, 1.82) is 0 Å². The van der Waals surface area contributed by atoms with E-state index in [4.69, 9.17) is 9.84 Å². The molecule has 0 unspecified atom stereocenters. The van der Waals surface area contributed by atoms with Crippen molar-refractivity contribution in [2.24, 2.45) is 0 Å². The first-order valence-electron chi connectivity index (χ1n) is 7.97. The highest BCUT2D eigenvalue weighted by atomic mass is 16.5. The van der Waals surface area contributed by atoms with Crippen LogP contribution in [0.4, 0.5) is 5.95 Å². The summed E-state index contributed by atoms with van der Waals surface area (Å²) in [4.78, 5) is 19.6. The Morgan fingerprint density at radius 2 is 1.79 bits per heavy atom. The molecule has 0 atom stereocenters. The molecule has 0 spiro atoms. The third-order valence-corrected chi connectivity index (χ3v) is 3.62. The molecule has 0 bridgehead atoms. The Labute approximate surface area is 141 Å². The molecule has 1 aromatic carbocycles. The molecule has 1 aromatic heterocycles. The maximum atomic E-state index is 11.1. The van der Waals surface area contributed by atoms with Crippen molar-refractivity contribution in [1.82, 2.24) is 9.97 Å². The van der Waals surface area contributed by atoms with Gasteiger partial charge in [-0.05, 0) is 49.9 Å². The number of ether oxygens (including phenoxy) is 1. The molecule has 0 amide bonds. The van der Waals surface area contributed by atoms with Gasteiger partial charge < -0.3 is 15.2 Å². The minimum absolute atomic E-state index is 0.539. The molecule has 0 saturated carbocycles. The fourth-order valence-electron chi connectivity index (χ4n) is 2.01. The van der Waals surface area contributed by atoms with Crippen LogP contribution in [-0.4, -0.2) is 33.2 Å². The first-order valence-corrected chi connectivity index (χ1v) is 7.97. The van der Waals surface area contributed by atoms with Crippen molar-refractivity contribution in [3.8, 4) is 5.75 Å². The third-order valence-electron chi connectivity index (χ3n) is 3.62. The number of hydrogen-bond donors (Lipinski definition) is 2. The second kappa shape index (κ2) is 7.77. The number of carboxylic acids is 1. The van der Waals surface area contributed by atoms with Crippen molar-refractivity contribution < 1.29 is 14.6 Å². The van der Waals surface area contributed by atoms with Crippen LogP contribution in [0.1, 0.15) is 31.9 Å². The summed E-state index contributed by atoms with van der Waals surface area (Å²) in [5.41, 5.74) is 0.985. The van der Waals surface area contributed by atoms with E-state index in [1.165, 1.54) is 13.8 Å². The molecule has 128 valence electrons. The van der Waals surface area contributed by atoms with Gasteiger partial charge in [0.15, 0.2) is 5.60 Å². The zero-order valence-corrected chi connectivity index (χ0v) is 14.2. The number of nitrogens with zero attached hydrogens (tertiary/aromatic N) is 2. The van der Waals surface area contributed by atoms with E-state index in [1.54, 1.807) is 12.1 Å². The van der Waals surface area contributed by atoms with Gasteiger partial charge in [-0.25, -0.2) is 14.8 Å². The minimum atomic E-state index is -1.24. The van der Waals surface area contributed by atoms with Crippen LogP contribution in [0, 0.1) is 0 Å². The number of carbonyl (C=O) groups is 1. The smallest absolute Gasteiger partial charge is 0.347 e. The van der Waals surface area contributed by atoms with Crippen LogP contribution >= 0.6 is 0 Å². The fraction of sp³-hybridized carbons (Fsp3) is 0.389. The second-order valence-electron chi connectivity index (χ2n) is 6.01. The number of nitrogens with one attached hydrogen (secondary N) is 1. The topological polar surface area (TPSA) is 84.3 Å². The molecule has 24 heavy (non-hydrogen) atoms. The standard InChI is InChI=1S/C18H23N3O3/c1-4-13-11-20-17(21-12-13)19-10-9-14-5-7-15(8-6-14)24-18(2,3)16(22)23/h5-8,11-12H,4,9-10H2,1-3H3,(H,22,23)(H,19,20,21). The van der Waals surface area contributed by atoms with Crippen molar-refractivity contribution in [2.45, 2.75) is 39.2 Å². The number of rotatable bonds is 8.